The normalized spacial score (nSPS) is 23.0. The number of nitrogens with zero attached hydrogens (tertiary/aromatic N) is 4. The Hall–Kier alpha value is -4.17. The van der Waals surface area contributed by atoms with Gasteiger partial charge in [0.1, 0.15) is 24.4 Å². The standard InChI is InChI=1S/C28H20N5O8PS/c1-13-9-20(34)39-18-10-15(7-8-16(13)18)43-28-30-21-24(33(28)26-22(35)23-19(40-26)12-38-42(37)41-23)31-27-29-17(11-32(27)25(21)36)14-5-3-2-4-6-14/h2-11,19,22-23,26,35H,12H2,1H3/p+1/t19?,22-,23+,26+/m0/s1. The number of aliphatic hydroxyl groups is 1. The van der Waals surface area contributed by atoms with Gasteiger partial charge in [-0.1, -0.05) is 42.1 Å². The van der Waals surface area contributed by atoms with Gasteiger partial charge in [-0.25, -0.2) is 14.2 Å². The van der Waals surface area contributed by atoms with Crippen LogP contribution in [0.5, 0.6) is 0 Å². The van der Waals surface area contributed by atoms with Crippen LogP contribution in [0.4, 0.5) is 0 Å². The predicted molar refractivity (Wildman–Crippen MR) is 154 cm³/mol. The summed E-state index contributed by atoms with van der Waals surface area (Å²) in [6.07, 6.45) is -2.33. The highest BCUT2D eigenvalue weighted by atomic mass is 32.2. The molecule has 0 saturated carbocycles. The maximum absolute atomic E-state index is 13.8. The monoisotopic (exact) mass is 618 g/mol. The van der Waals surface area contributed by atoms with Gasteiger partial charge >= 0.3 is 13.9 Å². The van der Waals surface area contributed by atoms with Gasteiger partial charge in [-0.15, -0.1) is 9.05 Å². The van der Waals surface area contributed by atoms with E-state index in [1.807, 2.05) is 49.4 Å². The van der Waals surface area contributed by atoms with E-state index in [1.165, 1.54) is 22.2 Å². The number of aliphatic hydroxyl groups excluding tert-OH is 1. The first-order valence-corrected chi connectivity index (χ1v) is 15.2. The van der Waals surface area contributed by atoms with Crippen molar-refractivity contribution >= 4 is 47.9 Å². The molecule has 0 spiro atoms. The van der Waals surface area contributed by atoms with Crippen LogP contribution >= 0.6 is 20.0 Å². The Labute approximate surface area is 246 Å². The third-order valence-electron chi connectivity index (χ3n) is 7.55. The number of nitrogens with one attached hydrogen (secondary N) is 1. The van der Waals surface area contributed by atoms with Crippen molar-refractivity contribution in [2.45, 2.75) is 41.5 Å². The van der Waals surface area contributed by atoms with E-state index < -0.39 is 44.0 Å². The molecule has 0 radical (unpaired) electrons. The van der Waals surface area contributed by atoms with Crippen LogP contribution < -0.4 is 11.2 Å². The zero-order valence-corrected chi connectivity index (χ0v) is 24.0. The number of rotatable bonds is 4. The van der Waals surface area contributed by atoms with Gasteiger partial charge in [0, 0.05) is 27.1 Å². The van der Waals surface area contributed by atoms with Crippen LogP contribution in [-0.4, -0.2) is 53.9 Å². The molecule has 2 aliphatic rings. The molecule has 0 bridgehead atoms. The minimum atomic E-state index is -2.41. The lowest BCUT2D eigenvalue weighted by Gasteiger charge is -2.18. The number of aromatic amines is 1. The molecule has 6 heterocycles. The molecular formula is C28H21N5O8PS+. The second-order valence-corrected chi connectivity index (χ2v) is 12.2. The molecule has 0 aliphatic carbocycles. The summed E-state index contributed by atoms with van der Waals surface area (Å²) in [5.74, 6) is 0.268. The number of aromatic nitrogens is 5. The fraction of sp³-hybridized carbons (Fsp3) is 0.214. The highest BCUT2D eigenvalue weighted by molar-refractivity contribution is 7.99. The fourth-order valence-corrected chi connectivity index (χ4v) is 7.24. The van der Waals surface area contributed by atoms with Gasteiger partial charge in [-0.3, -0.25) is 9.36 Å². The topological polar surface area (TPSA) is 163 Å². The Bertz CT molecular complexity index is 2210. The van der Waals surface area contributed by atoms with Gasteiger partial charge in [-0.05, 0) is 36.2 Å². The van der Waals surface area contributed by atoms with Gasteiger partial charge in [0.25, 0.3) is 5.56 Å². The van der Waals surface area contributed by atoms with Gasteiger partial charge in [0.2, 0.25) is 5.78 Å². The lowest BCUT2D eigenvalue weighted by Crippen LogP contribution is -2.37. The molecule has 4 aromatic heterocycles. The van der Waals surface area contributed by atoms with E-state index in [0.717, 1.165) is 16.5 Å². The maximum Gasteiger partial charge on any atom is 0.697 e. The van der Waals surface area contributed by atoms with Crippen molar-refractivity contribution in [3.05, 3.63) is 87.1 Å². The number of ether oxygens (including phenoxy) is 1. The first-order chi connectivity index (χ1) is 20.8. The molecule has 6 aromatic rings. The molecule has 2 saturated heterocycles. The van der Waals surface area contributed by atoms with Crippen LogP contribution in [0, 0.1) is 6.92 Å². The largest absolute Gasteiger partial charge is 0.697 e. The van der Waals surface area contributed by atoms with Gasteiger partial charge in [-0.2, -0.15) is 4.98 Å². The number of H-pyrrole nitrogens is 1. The summed E-state index contributed by atoms with van der Waals surface area (Å²) in [6, 6.07) is 16.3. The van der Waals surface area contributed by atoms with Crippen LogP contribution in [0.3, 0.4) is 0 Å². The summed E-state index contributed by atoms with van der Waals surface area (Å²) in [6.45, 7) is 1.79. The summed E-state index contributed by atoms with van der Waals surface area (Å²) in [5.41, 5.74) is 2.06. The molecule has 2 fully saturated rings. The summed E-state index contributed by atoms with van der Waals surface area (Å²) in [7, 11) is -2.41. The van der Waals surface area contributed by atoms with E-state index in [1.54, 1.807) is 16.8 Å². The Morgan fingerprint density at radius 1 is 1.12 bits per heavy atom. The summed E-state index contributed by atoms with van der Waals surface area (Å²) in [5, 5.41) is 12.4. The van der Waals surface area contributed by atoms with Crippen molar-refractivity contribution < 1.29 is 27.9 Å². The molecule has 43 heavy (non-hydrogen) atoms. The molecule has 2 aromatic carbocycles. The van der Waals surface area contributed by atoms with Crippen molar-refractivity contribution in [2.24, 2.45) is 0 Å². The number of fused-ring (bicyclic) bond motifs is 4. The first-order valence-electron chi connectivity index (χ1n) is 13.3. The second-order valence-electron chi connectivity index (χ2n) is 10.2. The predicted octanol–water partition coefficient (Wildman–Crippen LogP) is 3.94. The van der Waals surface area contributed by atoms with Crippen molar-refractivity contribution in [3.63, 3.8) is 0 Å². The molecule has 15 heteroatoms. The van der Waals surface area contributed by atoms with Crippen molar-refractivity contribution in [1.29, 1.82) is 0 Å². The number of benzene rings is 2. The van der Waals surface area contributed by atoms with Crippen LogP contribution in [0.2, 0.25) is 0 Å². The molecule has 5 atom stereocenters. The Morgan fingerprint density at radius 3 is 2.79 bits per heavy atom. The van der Waals surface area contributed by atoms with E-state index in [-0.39, 0.29) is 23.5 Å². The van der Waals surface area contributed by atoms with Crippen LogP contribution in [0.15, 0.2) is 84.9 Å². The number of hydrogen-bond donors (Lipinski definition) is 2. The third-order valence-corrected chi connectivity index (χ3v) is 9.29. The lowest BCUT2D eigenvalue weighted by molar-refractivity contribution is -0.0583. The molecular weight excluding hydrogens is 597 g/mol. The molecule has 2 unspecified atom stereocenters. The zero-order chi connectivity index (χ0) is 29.4. The first kappa shape index (κ1) is 26.5. The highest BCUT2D eigenvalue weighted by Gasteiger charge is 2.55. The van der Waals surface area contributed by atoms with Gasteiger partial charge in [0.05, 0.1) is 5.69 Å². The van der Waals surface area contributed by atoms with Crippen LogP contribution in [-0.2, 0) is 18.3 Å². The Morgan fingerprint density at radius 2 is 1.95 bits per heavy atom. The van der Waals surface area contributed by atoms with E-state index >= 15 is 0 Å². The SMILES string of the molecule is Cc1cc(=O)oc2cc(Sc3nc4c(=O)n5cc(-c6ccccc6)[nH]c5nc4n3[C@@H]3OC4CO[P+](=O)O[C@H]4[C@@H]3O)ccc12. The van der Waals surface area contributed by atoms with Crippen LogP contribution in [0.25, 0.3) is 39.2 Å². The summed E-state index contributed by atoms with van der Waals surface area (Å²) >= 11 is 1.18. The quantitative estimate of drug-likeness (QED) is 0.217. The minimum absolute atomic E-state index is 0.0387. The van der Waals surface area contributed by atoms with E-state index in [4.69, 9.17) is 23.2 Å². The smallest absolute Gasteiger partial charge is 0.423 e. The second kappa shape index (κ2) is 9.95. The Kier molecular flexibility index (Phi) is 6.12. The Balaban J connectivity index is 1.30. The van der Waals surface area contributed by atoms with Crippen LogP contribution in [0.1, 0.15) is 11.8 Å². The summed E-state index contributed by atoms with van der Waals surface area (Å²) in [4.78, 5) is 39.1. The molecule has 0 amide bonds. The highest BCUT2D eigenvalue weighted by Crippen LogP contribution is 2.44. The number of hydrogen-bond acceptors (Lipinski definition) is 11. The fourth-order valence-electron chi connectivity index (χ4n) is 5.51. The van der Waals surface area contributed by atoms with E-state index in [2.05, 4.69) is 9.97 Å². The molecule has 8 rings (SSSR count). The minimum Gasteiger partial charge on any atom is -0.423 e. The maximum atomic E-state index is 13.8. The lowest BCUT2D eigenvalue weighted by atomic mass is 10.1. The third kappa shape index (κ3) is 4.34. The van der Waals surface area contributed by atoms with E-state index in [9.17, 15) is 19.3 Å². The van der Waals surface area contributed by atoms with Crippen molar-refractivity contribution in [3.8, 4) is 11.3 Å². The summed E-state index contributed by atoms with van der Waals surface area (Å²) < 4.78 is 36.9. The number of aryl methyl sites for hydroxylation is 1. The van der Waals surface area contributed by atoms with Crippen molar-refractivity contribution in [1.82, 2.24) is 23.9 Å². The van der Waals surface area contributed by atoms with Crippen molar-refractivity contribution in [2.75, 3.05) is 6.61 Å². The number of imidazole rings is 2. The molecule has 2 aliphatic heterocycles. The van der Waals surface area contributed by atoms with Gasteiger partial charge < -0.3 is 19.2 Å². The average molecular weight is 619 g/mol. The molecule has 13 nitrogen and oxygen atoms in total. The van der Waals surface area contributed by atoms with E-state index in [0.29, 0.717) is 21.3 Å². The van der Waals surface area contributed by atoms with Gasteiger partial charge in [0.15, 0.2) is 28.7 Å². The molecule has 216 valence electrons. The zero-order valence-electron chi connectivity index (χ0n) is 22.2. The molecule has 2 N–H and O–H groups in total. The average Bonchev–Trinajstić information content (AvgIpc) is 3.67.